The fraction of sp³-hybridized carbons (Fsp3) is 0.333. The van der Waals surface area contributed by atoms with Crippen molar-refractivity contribution in [2.75, 3.05) is 31.2 Å². The van der Waals surface area contributed by atoms with Gasteiger partial charge in [-0.1, -0.05) is 44.7 Å². The van der Waals surface area contributed by atoms with Crippen LogP contribution in [0.2, 0.25) is 0 Å². The Hall–Kier alpha value is -2.52. The number of hydrogen-bond donors (Lipinski definition) is 0. The van der Waals surface area contributed by atoms with Gasteiger partial charge in [-0.25, -0.2) is 0 Å². The summed E-state index contributed by atoms with van der Waals surface area (Å²) in [4.78, 5) is 2.41. The third-order valence-corrected chi connectivity index (χ3v) is 6.18. The van der Waals surface area contributed by atoms with E-state index in [1.54, 1.807) is 0 Å². The van der Waals surface area contributed by atoms with Crippen LogP contribution in [0, 0.1) is 0 Å². The highest BCUT2D eigenvalue weighted by Crippen LogP contribution is 2.49. The minimum Gasteiger partial charge on any atom is -0.485 e. The normalized spacial score (nSPS) is 22.9. The largest absolute Gasteiger partial charge is 0.485 e. The molecule has 3 nitrogen and oxygen atoms in total. The molecule has 0 radical (unpaired) electrons. The lowest BCUT2D eigenvalue weighted by Crippen LogP contribution is -2.39. The number of fused-ring (bicyclic) bond motifs is 4. The molecule has 0 spiro atoms. The van der Waals surface area contributed by atoms with Gasteiger partial charge in [0.1, 0.15) is 11.9 Å². The van der Waals surface area contributed by atoms with Crippen LogP contribution in [0.15, 0.2) is 55.1 Å². The van der Waals surface area contributed by atoms with Crippen molar-refractivity contribution >= 4 is 16.8 Å². The van der Waals surface area contributed by atoms with Crippen LogP contribution in [0.1, 0.15) is 30.5 Å². The summed E-state index contributed by atoms with van der Waals surface area (Å²) >= 11 is 0. The van der Waals surface area contributed by atoms with Gasteiger partial charge in [-0.3, -0.25) is 0 Å². The molecule has 0 amide bonds. The summed E-state index contributed by atoms with van der Waals surface area (Å²) in [6, 6.07) is 15.1. The number of anilines is 1. The number of benzene rings is 2. The Bertz CT molecular complexity index is 951. The van der Waals surface area contributed by atoms with Gasteiger partial charge in [-0.15, -0.1) is 0 Å². The minimum absolute atomic E-state index is 0.0136. The number of morpholine rings is 1. The molecule has 27 heavy (non-hydrogen) atoms. The molecule has 1 atom stereocenters. The van der Waals surface area contributed by atoms with Crippen molar-refractivity contribution in [1.82, 2.24) is 0 Å². The maximum atomic E-state index is 6.44. The van der Waals surface area contributed by atoms with Crippen LogP contribution in [0.5, 0.6) is 5.75 Å². The van der Waals surface area contributed by atoms with Gasteiger partial charge in [0.05, 0.1) is 13.2 Å². The first kappa shape index (κ1) is 16.6. The molecule has 1 saturated heterocycles. The van der Waals surface area contributed by atoms with Crippen LogP contribution >= 0.6 is 0 Å². The van der Waals surface area contributed by atoms with Gasteiger partial charge in [0.25, 0.3) is 0 Å². The lowest BCUT2D eigenvalue weighted by Gasteiger charge is -2.36. The number of hydrogen-bond acceptors (Lipinski definition) is 3. The first-order chi connectivity index (χ1) is 13.1. The average Bonchev–Trinajstić information content (AvgIpc) is 2.77. The highest BCUT2D eigenvalue weighted by Gasteiger charge is 2.40. The van der Waals surface area contributed by atoms with Crippen molar-refractivity contribution in [2.45, 2.75) is 25.4 Å². The quantitative estimate of drug-likeness (QED) is 0.738. The first-order valence-electron chi connectivity index (χ1n) is 9.70. The number of rotatable bonds is 1. The van der Waals surface area contributed by atoms with Crippen LogP contribution in [0.25, 0.3) is 11.1 Å². The van der Waals surface area contributed by atoms with Crippen LogP contribution in [-0.2, 0) is 10.2 Å². The van der Waals surface area contributed by atoms with E-state index in [9.17, 15) is 0 Å². The predicted octanol–water partition coefficient (Wildman–Crippen LogP) is 4.67. The van der Waals surface area contributed by atoms with E-state index in [1.165, 1.54) is 22.4 Å². The summed E-state index contributed by atoms with van der Waals surface area (Å²) in [6.45, 7) is 12.5. The van der Waals surface area contributed by atoms with Crippen LogP contribution in [0.4, 0.5) is 5.69 Å². The monoisotopic (exact) mass is 359 g/mol. The lowest BCUT2D eigenvalue weighted by atomic mass is 9.77. The van der Waals surface area contributed by atoms with E-state index in [0.29, 0.717) is 0 Å². The molecule has 0 N–H and O–H groups in total. The van der Waals surface area contributed by atoms with Crippen LogP contribution in [-0.4, -0.2) is 32.4 Å². The molecule has 1 aliphatic carbocycles. The van der Waals surface area contributed by atoms with Crippen molar-refractivity contribution in [1.29, 1.82) is 0 Å². The number of nitrogens with zero attached hydrogens (tertiary/aromatic N) is 1. The number of ether oxygens (including phenoxy) is 2. The smallest absolute Gasteiger partial charge is 0.128 e. The molecular formula is C24H25NO2. The summed E-state index contributed by atoms with van der Waals surface area (Å²) in [5, 5.41) is 0. The average molecular weight is 359 g/mol. The second-order valence-electron chi connectivity index (χ2n) is 8.14. The Morgan fingerprint density at radius 3 is 2.63 bits per heavy atom. The Balaban J connectivity index is 1.65. The third kappa shape index (κ3) is 2.53. The van der Waals surface area contributed by atoms with Crippen molar-refractivity contribution in [3.63, 3.8) is 0 Å². The van der Waals surface area contributed by atoms with Gasteiger partial charge in [0, 0.05) is 29.8 Å². The van der Waals surface area contributed by atoms with E-state index >= 15 is 0 Å². The highest BCUT2D eigenvalue weighted by molar-refractivity contribution is 6.07. The van der Waals surface area contributed by atoms with Gasteiger partial charge in [-0.2, -0.15) is 0 Å². The molecule has 0 aromatic heterocycles. The Labute approximate surface area is 160 Å². The maximum Gasteiger partial charge on any atom is 0.128 e. The molecule has 1 unspecified atom stereocenters. The van der Waals surface area contributed by atoms with E-state index in [-0.39, 0.29) is 11.5 Å². The molecule has 3 aliphatic rings. The maximum absolute atomic E-state index is 6.44. The summed E-state index contributed by atoms with van der Waals surface area (Å²) in [6.07, 6.45) is 2.25. The Morgan fingerprint density at radius 2 is 1.81 bits per heavy atom. The lowest BCUT2D eigenvalue weighted by molar-refractivity contribution is 0.122. The van der Waals surface area contributed by atoms with Gasteiger partial charge < -0.3 is 14.4 Å². The zero-order valence-corrected chi connectivity index (χ0v) is 16.0. The van der Waals surface area contributed by atoms with E-state index in [2.05, 4.69) is 67.8 Å². The fourth-order valence-corrected chi connectivity index (χ4v) is 4.47. The zero-order valence-electron chi connectivity index (χ0n) is 16.0. The van der Waals surface area contributed by atoms with E-state index < -0.39 is 0 Å². The number of para-hydroxylation sites is 1. The molecule has 2 aromatic rings. The highest BCUT2D eigenvalue weighted by atomic mass is 16.5. The Morgan fingerprint density at radius 1 is 1.04 bits per heavy atom. The summed E-state index contributed by atoms with van der Waals surface area (Å²) in [7, 11) is 0. The molecule has 2 aromatic carbocycles. The third-order valence-electron chi connectivity index (χ3n) is 6.18. The standard InChI is InChI=1S/C24H25NO2/c1-16-18-9-8-17(25-10-12-26-13-11-25)14-21(18)24(2,3)23-15-20(16)19-6-4-5-7-22(19)27-23/h4-9,14-15,23H,1,10-13H2,2-3H3. The molecule has 138 valence electrons. The van der Waals surface area contributed by atoms with Crippen LogP contribution < -0.4 is 9.64 Å². The van der Waals surface area contributed by atoms with E-state index in [0.717, 1.165) is 43.2 Å². The Kier molecular flexibility index (Phi) is 3.70. The SMILES string of the molecule is C=C1C2=CC(Oc3ccccc32)C(C)(C)c2cc(N3CCOCC3)ccc21. The molecule has 3 heteroatoms. The minimum atomic E-state index is -0.157. The summed E-state index contributed by atoms with van der Waals surface area (Å²) < 4.78 is 12.0. The predicted molar refractivity (Wildman–Crippen MR) is 110 cm³/mol. The second kappa shape index (κ2) is 6.00. The molecular weight excluding hydrogens is 334 g/mol. The van der Waals surface area contributed by atoms with Gasteiger partial charge in [0.2, 0.25) is 0 Å². The number of allylic oxidation sites excluding steroid dienone is 2. The van der Waals surface area contributed by atoms with Gasteiger partial charge in [-0.05, 0) is 46.5 Å². The topological polar surface area (TPSA) is 21.7 Å². The zero-order chi connectivity index (χ0) is 18.6. The molecule has 5 rings (SSSR count). The van der Waals surface area contributed by atoms with Crippen LogP contribution in [0.3, 0.4) is 0 Å². The molecule has 1 fully saturated rings. The van der Waals surface area contributed by atoms with Crippen molar-refractivity contribution in [3.8, 4) is 5.75 Å². The summed E-state index contributed by atoms with van der Waals surface area (Å²) in [5.41, 5.74) is 7.07. The molecule has 2 aliphatic heterocycles. The van der Waals surface area contributed by atoms with E-state index in [1.807, 2.05) is 6.07 Å². The van der Waals surface area contributed by atoms with Crippen molar-refractivity contribution in [2.24, 2.45) is 0 Å². The van der Waals surface area contributed by atoms with Crippen molar-refractivity contribution in [3.05, 3.63) is 71.8 Å². The van der Waals surface area contributed by atoms with Gasteiger partial charge >= 0.3 is 0 Å². The molecule has 2 heterocycles. The molecule has 2 bridgehead atoms. The van der Waals surface area contributed by atoms with Gasteiger partial charge in [0.15, 0.2) is 0 Å². The van der Waals surface area contributed by atoms with Crippen molar-refractivity contribution < 1.29 is 9.47 Å². The first-order valence-corrected chi connectivity index (χ1v) is 9.70. The summed E-state index contributed by atoms with van der Waals surface area (Å²) in [5.74, 6) is 0.954. The molecule has 0 saturated carbocycles. The fourth-order valence-electron chi connectivity index (χ4n) is 4.47. The second-order valence-corrected chi connectivity index (χ2v) is 8.14. The van der Waals surface area contributed by atoms with E-state index in [4.69, 9.17) is 9.47 Å².